The molecule has 2 saturated heterocycles. The Morgan fingerprint density at radius 1 is 1.14 bits per heavy atom. The van der Waals surface area contributed by atoms with Crippen molar-refractivity contribution < 1.29 is 34.0 Å². The van der Waals surface area contributed by atoms with Crippen molar-refractivity contribution in [3.8, 4) is 0 Å². The normalized spacial score (nSPS) is 21.8. The number of piperazine rings is 1. The van der Waals surface area contributed by atoms with Gasteiger partial charge in [0, 0.05) is 39.0 Å². The molecule has 28 heavy (non-hydrogen) atoms. The van der Waals surface area contributed by atoms with Crippen molar-refractivity contribution in [1.82, 2.24) is 15.1 Å². The van der Waals surface area contributed by atoms with Crippen LogP contribution in [0.3, 0.4) is 0 Å². The number of carbonyl (C=O) groups excluding carboxylic acids is 4. The maximum atomic E-state index is 12.9. The van der Waals surface area contributed by atoms with Gasteiger partial charge in [-0.1, -0.05) is 0 Å². The molecular formula is C18H31N4O6+. The number of piperidine rings is 1. The first-order valence-electron chi connectivity index (χ1n) is 9.66. The quantitative estimate of drug-likeness (QED) is 0.470. The summed E-state index contributed by atoms with van der Waals surface area (Å²) in [6, 6.07) is -1.72. The number of esters is 1. The summed E-state index contributed by atoms with van der Waals surface area (Å²) >= 11 is 0. The van der Waals surface area contributed by atoms with Gasteiger partial charge in [0.05, 0.1) is 26.7 Å². The van der Waals surface area contributed by atoms with Gasteiger partial charge >= 0.3 is 5.97 Å². The average Bonchev–Trinajstić information content (AvgIpc) is 2.72. The molecule has 10 heteroatoms. The monoisotopic (exact) mass is 399 g/mol. The molecule has 0 spiro atoms. The Labute approximate surface area is 164 Å². The van der Waals surface area contributed by atoms with Crippen LogP contribution in [0.1, 0.15) is 19.8 Å². The topological polar surface area (TPSA) is 122 Å². The molecule has 2 aliphatic heterocycles. The van der Waals surface area contributed by atoms with Crippen molar-refractivity contribution >= 4 is 23.7 Å². The number of nitrogens with zero attached hydrogens (tertiary/aromatic N) is 2. The van der Waals surface area contributed by atoms with Crippen molar-refractivity contribution in [1.29, 1.82) is 0 Å². The van der Waals surface area contributed by atoms with Crippen LogP contribution in [-0.2, 0) is 28.7 Å². The van der Waals surface area contributed by atoms with E-state index in [-0.39, 0.29) is 37.4 Å². The third-order valence-corrected chi connectivity index (χ3v) is 5.28. The first-order chi connectivity index (χ1) is 13.4. The Hall–Kier alpha value is -2.20. The third kappa shape index (κ3) is 5.41. The summed E-state index contributed by atoms with van der Waals surface area (Å²) in [5.41, 5.74) is 0. The van der Waals surface area contributed by atoms with Crippen LogP contribution in [0.5, 0.6) is 0 Å². The molecule has 0 aliphatic carbocycles. The minimum Gasteiger partial charge on any atom is -0.467 e. The number of rotatable bonds is 6. The molecule has 2 fully saturated rings. The second-order valence-corrected chi connectivity index (χ2v) is 7.21. The number of ether oxygens (including phenoxy) is 2. The highest BCUT2D eigenvalue weighted by atomic mass is 16.5. The standard InChI is InChI=1S/C18H30N4O6/c1-12(18(26)28-3)20-16(24)14-10-21(8-9-22(14)15(23)11-27-2)17(25)13-4-6-19-7-5-13/h12-14,19H,4-11H2,1-3H3,(H,20,24)/p+1/t12-,14+/m1/s1. The second-order valence-electron chi connectivity index (χ2n) is 7.21. The zero-order chi connectivity index (χ0) is 20.7. The van der Waals surface area contributed by atoms with Crippen molar-refractivity contribution in [2.24, 2.45) is 5.92 Å². The van der Waals surface area contributed by atoms with Gasteiger partial charge in [0.15, 0.2) is 0 Å². The minimum absolute atomic E-state index is 0.0331. The van der Waals surface area contributed by atoms with E-state index in [1.807, 2.05) is 0 Å². The van der Waals surface area contributed by atoms with E-state index in [0.717, 1.165) is 25.9 Å². The number of quaternary nitrogens is 1. The van der Waals surface area contributed by atoms with Crippen LogP contribution >= 0.6 is 0 Å². The summed E-state index contributed by atoms with van der Waals surface area (Å²) in [6.07, 6.45) is 1.63. The summed E-state index contributed by atoms with van der Waals surface area (Å²) in [5, 5.41) is 4.77. The number of hydrogen-bond donors (Lipinski definition) is 2. The molecule has 2 atom stereocenters. The zero-order valence-electron chi connectivity index (χ0n) is 16.8. The smallest absolute Gasteiger partial charge is 0.328 e. The van der Waals surface area contributed by atoms with Crippen LogP contribution in [0.15, 0.2) is 0 Å². The lowest BCUT2D eigenvalue weighted by molar-refractivity contribution is -0.664. The van der Waals surface area contributed by atoms with Crippen LogP contribution in [0.4, 0.5) is 0 Å². The van der Waals surface area contributed by atoms with Gasteiger partial charge in [-0.25, -0.2) is 4.79 Å². The number of methoxy groups -OCH3 is 2. The summed E-state index contributed by atoms with van der Waals surface area (Å²) in [4.78, 5) is 52.8. The van der Waals surface area contributed by atoms with E-state index in [9.17, 15) is 19.2 Å². The molecule has 0 aromatic heterocycles. The molecule has 0 aromatic carbocycles. The molecule has 3 amide bonds. The second kappa shape index (κ2) is 10.4. The van der Waals surface area contributed by atoms with Crippen LogP contribution in [-0.4, -0.2) is 99.1 Å². The fourth-order valence-corrected chi connectivity index (χ4v) is 3.69. The largest absolute Gasteiger partial charge is 0.467 e. The molecule has 0 radical (unpaired) electrons. The highest BCUT2D eigenvalue weighted by Crippen LogP contribution is 2.18. The third-order valence-electron chi connectivity index (χ3n) is 5.28. The summed E-state index contributed by atoms with van der Waals surface area (Å²) < 4.78 is 9.54. The molecule has 158 valence electrons. The van der Waals surface area contributed by atoms with Gasteiger partial charge in [0.1, 0.15) is 18.7 Å². The number of nitrogens with one attached hydrogen (secondary N) is 1. The van der Waals surface area contributed by atoms with E-state index >= 15 is 0 Å². The number of carbonyl (C=O) groups is 4. The molecule has 0 aromatic rings. The van der Waals surface area contributed by atoms with Gasteiger partial charge in [0.25, 0.3) is 0 Å². The Bertz CT molecular complexity index is 593. The van der Waals surface area contributed by atoms with Gasteiger partial charge < -0.3 is 29.9 Å². The minimum atomic E-state index is -0.873. The van der Waals surface area contributed by atoms with Crippen molar-refractivity contribution in [2.45, 2.75) is 31.8 Å². The van der Waals surface area contributed by atoms with Gasteiger partial charge in [-0.3, -0.25) is 14.4 Å². The van der Waals surface area contributed by atoms with Crippen LogP contribution in [0.2, 0.25) is 0 Å². The zero-order valence-corrected chi connectivity index (χ0v) is 16.8. The summed E-state index contributed by atoms with van der Waals surface area (Å²) in [5.74, 6) is -1.40. The Morgan fingerprint density at radius 2 is 1.82 bits per heavy atom. The molecule has 2 aliphatic rings. The Morgan fingerprint density at radius 3 is 2.43 bits per heavy atom. The predicted molar refractivity (Wildman–Crippen MR) is 98.0 cm³/mol. The lowest BCUT2D eigenvalue weighted by atomic mass is 9.95. The SMILES string of the molecule is COCC(=O)N1CCN(C(=O)C2CC[NH2+]CC2)C[C@H]1C(=O)N[C@H](C)C(=O)OC. The molecule has 0 unspecified atom stereocenters. The fourth-order valence-electron chi connectivity index (χ4n) is 3.69. The van der Waals surface area contributed by atoms with Gasteiger partial charge in [-0.2, -0.15) is 0 Å². The van der Waals surface area contributed by atoms with E-state index in [4.69, 9.17) is 4.74 Å². The van der Waals surface area contributed by atoms with Gasteiger partial charge in [0.2, 0.25) is 17.7 Å². The highest BCUT2D eigenvalue weighted by molar-refractivity contribution is 5.92. The summed E-state index contributed by atoms with van der Waals surface area (Å²) in [6.45, 7) is 3.93. The van der Waals surface area contributed by atoms with Gasteiger partial charge in [-0.05, 0) is 6.92 Å². The van der Waals surface area contributed by atoms with E-state index in [0.29, 0.717) is 6.54 Å². The van der Waals surface area contributed by atoms with Gasteiger partial charge in [-0.15, -0.1) is 0 Å². The molecular weight excluding hydrogens is 368 g/mol. The highest BCUT2D eigenvalue weighted by Gasteiger charge is 2.39. The van der Waals surface area contributed by atoms with Crippen molar-refractivity contribution in [3.63, 3.8) is 0 Å². The Balaban J connectivity index is 2.11. The van der Waals surface area contributed by atoms with E-state index < -0.39 is 24.0 Å². The average molecular weight is 399 g/mol. The van der Waals surface area contributed by atoms with Crippen LogP contribution < -0.4 is 10.6 Å². The number of hydrogen-bond acceptors (Lipinski definition) is 6. The molecule has 3 N–H and O–H groups in total. The van der Waals surface area contributed by atoms with Crippen molar-refractivity contribution in [2.75, 3.05) is 53.6 Å². The molecule has 10 nitrogen and oxygen atoms in total. The molecule has 0 saturated carbocycles. The maximum Gasteiger partial charge on any atom is 0.328 e. The number of nitrogens with two attached hydrogens (primary N) is 1. The summed E-state index contributed by atoms with van der Waals surface area (Å²) in [7, 11) is 2.65. The Kier molecular flexibility index (Phi) is 8.18. The van der Waals surface area contributed by atoms with E-state index in [2.05, 4.69) is 15.4 Å². The van der Waals surface area contributed by atoms with E-state index in [1.54, 1.807) is 4.90 Å². The van der Waals surface area contributed by atoms with Crippen LogP contribution in [0, 0.1) is 5.92 Å². The van der Waals surface area contributed by atoms with Crippen molar-refractivity contribution in [3.05, 3.63) is 0 Å². The molecule has 2 rings (SSSR count). The lowest BCUT2D eigenvalue weighted by Gasteiger charge is -2.41. The first kappa shape index (κ1) is 22.1. The fraction of sp³-hybridized carbons (Fsp3) is 0.778. The maximum absolute atomic E-state index is 12.9. The predicted octanol–water partition coefficient (Wildman–Crippen LogP) is -2.68. The molecule has 2 heterocycles. The molecule has 0 bridgehead atoms. The van der Waals surface area contributed by atoms with Crippen LogP contribution in [0.25, 0.3) is 0 Å². The van der Waals surface area contributed by atoms with E-state index in [1.165, 1.54) is 26.0 Å². The number of amides is 3. The first-order valence-corrected chi connectivity index (χ1v) is 9.66. The lowest BCUT2D eigenvalue weighted by Crippen LogP contribution is -2.86.